The first kappa shape index (κ1) is 14.6. The summed E-state index contributed by atoms with van der Waals surface area (Å²) in [5.41, 5.74) is 1.60. The Morgan fingerprint density at radius 3 is 2.00 bits per heavy atom. The van der Waals surface area contributed by atoms with Crippen LogP contribution >= 0.6 is 0 Å². The molecule has 0 fully saturated rings. The molecule has 0 spiro atoms. The van der Waals surface area contributed by atoms with Crippen LogP contribution in [0.5, 0.6) is 0 Å². The highest BCUT2D eigenvalue weighted by molar-refractivity contribution is 5.74. The van der Waals surface area contributed by atoms with E-state index in [0.717, 1.165) is 5.69 Å². The summed E-state index contributed by atoms with van der Waals surface area (Å²) in [5, 5.41) is 12.2. The molecule has 0 atom stereocenters. The first-order valence-electron chi connectivity index (χ1n) is 6.21. The monoisotopic (exact) mass is 249 g/mol. The lowest BCUT2D eigenvalue weighted by molar-refractivity contribution is -0.146. The van der Waals surface area contributed by atoms with Gasteiger partial charge in [-0.05, 0) is 37.0 Å². The second kappa shape index (κ2) is 5.01. The van der Waals surface area contributed by atoms with Crippen LogP contribution in [0.1, 0.15) is 40.2 Å². The number of rotatable bonds is 4. The second-order valence-electron chi connectivity index (χ2n) is 6.37. The first-order chi connectivity index (χ1) is 8.13. The van der Waals surface area contributed by atoms with Gasteiger partial charge in [-0.15, -0.1) is 0 Å². The predicted molar refractivity (Wildman–Crippen MR) is 75.0 cm³/mol. The summed E-state index contributed by atoms with van der Waals surface area (Å²) >= 11 is 0. The lowest BCUT2D eigenvalue weighted by Crippen LogP contribution is -2.31. The average molecular weight is 249 g/mol. The number of hydrogen-bond donors (Lipinski definition) is 2. The number of carboxylic acids is 1. The van der Waals surface area contributed by atoms with E-state index in [4.69, 9.17) is 5.11 Å². The largest absolute Gasteiger partial charge is 0.481 e. The lowest BCUT2D eigenvalue weighted by Gasteiger charge is -2.22. The van der Waals surface area contributed by atoms with E-state index in [-0.39, 0.29) is 5.41 Å². The van der Waals surface area contributed by atoms with Crippen molar-refractivity contribution in [2.24, 2.45) is 5.41 Å². The Bertz CT molecular complexity index is 413. The maximum Gasteiger partial charge on any atom is 0.310 e. The molecule has 18 heavy (non-hydrogen) atoms. The summed E-state index contributed by atoms with van der Waals surface area (Å²) in [6, 6.07) is 8.16. The molecule has 1 aromatic carbocycles. The molecule has 0 amide bonds. The Labute approximate surface area is 109 Å². The van der Waals surface area contributed by atoms with Crippen LogP contribution in [0.4, 0.5) is 5.69 Å². The summed E-state index contributed by atoms with van der Waals surface area (Å²) in [6.07, 6.45) is 0. The van der Waals surface area contributed by atoms with E-state index >= 15 is 0 Å². The highest BCUT2D eigenvalue weighted by Gasteiger charge is 2.26. The minimum Gasteiger partial charge on any atom is -0.481 e. The molecule has 0 unspecified atom stereocenters. The van der Waals surface area contributed by atoms with Gasteiger partial charge in [0.15, 0.2) is 0 Å². The second-order valence-corrected chi connectivity index (χ2v) is 6.37. The van der Waals surface area contributed by atoms with Gasteiger partial charge in [0.25, 0.3) is 0 Å². The number of benzene rings is 1. The highest BCUT2D eigenvalue weighted by Crippen LogP contribution is 2.24. The van der Waals surface area contributed by atoms with Crippen LogP contribution in [-0.4, -0.2) is 17.6 Å². The van der Waals surface area contributed by atoms with Gasteiger partial charge in [0.05, 0.1) is 5.41 Å². The zero-order valence-electron chi connectivity index (χ0n) is 11.9. The molecule has 0 radical (unpaired) electrons. The molecular formula is C15H23NO2. The topological polar surface area (TPSA) is 49.3 Å². The minimum absolute atomic E-state index is 0.138. The molecule has 3 heteroatoms. The van der Waals surface area contributed by atoms with Gasteiger partial charge in [-0.1, -0.05) is 32.9 Å². The molecule has 2 N–H and O–H groups in total. The maximum absolute atomic E-state index is 11.0. The summed E-state index contributed by atoms with van der Waals surface area (Å²) in [7, 11) is 0. The van der Waals surface area contributed by atoms with E-state index < -0.39 is 11.4 Å². The van der Waals surface area contributed by atoms with Gasteiger partial charge in [0, 0.05) is 12.2 Å². The van der Waals surface area contributed by atoms with Crippen LogP contribution in [0.3, 0.4) is 0 Å². The van der Waals surface area contributed by atoms with E-state index in [1.807, 2.05) is 12.1 Å². The van der Waals surface area contributed by atoms with Crippen LogP contribution in [0.25, 0.3) is 0 Å². The lowest BCUT2D eigenvalue weighted by atomic mass is 9.87. The Balaban J connectivity index is 2.68. The molecule has 0 saturated heterocycles. The number of carbonyl (C=O) groups is 1. The fourth-order valence-electron chi connectivity index (χ4n) is 1.49. The molecular weight excluding hydrogens is 226 g/mol. The summed E-state index contributed by atoms with van der Waals surface area (Å²) in [5.74, 6) is -0.790. The third-order valence-corrected chi connectivity index (χ3v) is 3.06. The van der Waals surface area contributed by atoms with Crippen LogP contribution in [-0.2, 0) is 10.2 Å². The molecule has 0 aliphatic carbocycles. The SMILES string of the molecule is CC(C)(CNc1ccc(C(C)(C)C)cc1)C(=O)O. The number of hydrogen-bond acceptors (Lipinski definition) is 2. The zero-order chi connectivity index (χ0) is 14.0. The Hall–Kier alpha value is -1.51. The minimum atomic E-state index is -0.790. The molecule has 1 rings (SSSR count). The molecule has 0 aliphatic rings. The Morgan fingerprint density at radius 1 is 1.11 bits per heavy atom. The molecule has 1 aromatic rings. The van der Waals surface area contributed by atoms with Gasteiger partial charge in [0.2, 0.25) is 0 Å². The number of aliphatic carboxylic acids is 1. The van der Waals surface area contributed by atoms with E-state index in [0.29, 0.717) is 6.54 Å². The third kappa shape index (κ3) is 3.76. The van der Waals surface area contributed by atoms with Crippen molar-refractivity contribution >= 4 is 11.7 Å². The van der Waals surface area contributed by atoms with Crippen LogP contribution in [0, 0.1) is 5.41 Å². The quantitative estimate of drug-likeness (QED) is 0.858. The van der Waals surface area contributed by atoms with Crippen molar-refractivity contribution in [1.29, 1.82) is 0 Å². The Kier molecular flexibility index (Phi) is 4.05. The summed E-state index contributed by atoms with van der Waals surface area (Å²) in [4.78, 5) is 11.0. The normalized spacial score (nSPS) is 12.3. The average Bonchev–Trinajstić information content (AvgIpc) is 2.25. The van der Waals surface area contributed by atoms with E-state index in [9.17, 15) is 4.79 Å². The molecule has 100 valence electrons. The van der Waals surface area contributed by atoms with Gasteiger partial charge in [-0.2, -0.15) is 0 Å². The van der Waals surface area contributed by atoms with Gasteiger partial charge in [-0.25, -0.2) is 0 Å². The fourth-order valence-corrected chi connectivity index (χ4v) is 1.49. The van der Waals surface area contributed by atoms with Gasteiger partial charge < -0.3 is 10.4 Å². The zero-order valence-corrected chi connectivity index (χ0v) is 11.9. The maximum atomic E-state index is 11.0. The van der Waals surface area contributed by atoms with E-state index in [1.165, 1.54) is 5.56 Å². The summed E-state index contributed by atoms with van der Waals surface area (Å²) < 4.78 is 0. The van der Waals surface area contributed by atoms with Crippen molar-refractivity contribution in [3.63, 3.8) is 0 Å². The van der Waals surface area contributed by atoms with Crippen molar-refractivity contribution < 1.29 is 9.90 Å². The number of nitrogens with one attached hydrogen (secondary N) is 1. The Morgan fingerprint density at radius 2 is 1.61 bits per heavy atom. The van der Waals surface area contributed by atoms with E-state index in [2.05, 4.69) is 38.2 Å². The highest BCUT2D eigenvalue weighted by atomic mass is 16.4. The first-order valence-corrected chi connectivity index (χ1v) is 6.21. The predicted octanol–water partition coefficient (Wildman–Crippen LogP) is 3.51. The molecule has 0 saturated carbocycles. The van der Waals surface area contributed by atoms with E-state index in [1.54, 1.807) is 13.8 Å². The summed E-state index contributed by atoms with van der Waals surface area (Å²) in [6.45, 7) is 10.4. The van der Waals surface area contributed by atoms with Crippen LogP contribution in [0.15, 0.2) is 24.3 Å². The van der Waals surface area contributed by atoms with Gasteiger partial charge in [0.1, 0.15) is 0 Å². The van der Waals surface area contributed by atoms with Crippen molar-refractivity contribution in [2.75, 3.05) is 11.9 Å². The van der Waals surface area contributed by atoms with Crippen molar-refractivity contribution in [3.8, 4) is 0 Å². The fraction of sp³-hybridized carbons (Fsp3) is 0.533. The molecule has 0 aromatic heterocycles. The van der Waals surface area contributed by atoms with Crippen molar-refractivity contribution in [3.05, 3.63) is 29.8 Å². The number of anilines is 1. The van der Waals surface area contributed by atoms with Gasteiger partial charge >= 0.3 is 5.97 Å². The van der Waals surface area contributed by atoms with Gasteiger partial charge in [-0.3, -0.25) is 4.79 Å². The van der Waals surface area contributed by atoms with Crippen molar-refractivity contribution in [1.82, 2.24) is 0 Å². The molecule has 0 heterocycles. The smallest absolute Gasteiger partial charge is 0.310 e. The molecule has 0 bridgehead atoms. The standard InChI is InChI=1S/C15H23NO2/c1-14(2,3)11-6-8-12(9-7-11)16-10-15(4,5)13(17)18/h6-9,16H,10H2,1-5H3,(H,17,18). The number of carboxylic acid groups (broad SMARTS) is 1. The van der Waals surface area contributed by atoms with Crippen LogP contribution < -0.4 is 5.32 Å². The third-order valence-electron chi connectivity index (χ3n) is 3.06. The van der Waals surface area contributed by atoms with Crippen LogP contribution in [0.2, 0.25) is 0 Å². The molecule has 3 nitrogen and oxygen atoms in total. The van der Waals surface area contributed by atoms with Crippen molar-refractivity contribution in [2.45, 2.75) is 40.0 Å². The molecule has 0 aliphatic heterocycles.